The Bertz CT molecular complexity index is 957. The molecule has 0 unspecified atom stereocenters. The summed E-state index contributed by atoms with van der Waals surface area (Å²) in [7, 11) is 1.49. The molecule has 1 aromatic heterocycles. The number of rotatable bonds is 9. The number of hydrogen-bond donors (Lipinski definition) is 2. The summed E-state index contributed by atoms with van der Waals surface area (Å²) < 4.78 is 30.1. The number of carbonyl (C=O) groups excluding carboxylic acids is 1. The maximum atomic E-state index is 13.7. The minimum atomic E-state index is -0.452. The fraction of sp³-hybridized carbons (Fsp3) is 0.227. The number of furan rings is 1. The monoisotopic (exact) mass is 398 g/mol. The zero-order chi connectivity index (χ0) is 20.6. The Balaban J connectivity index is 1.67. The van der Waals surface area contributed by atoms with Gasteiger partial charge in [0.15, 0.2) is 11.5 Å². The van der Waals surface area contributed by atoms with Gasteiger partial charge in [-0.05, 0) is 54.4 Å². The van der Waals surface area contributed by atoms with E-state index in [0.29, 0.717) is 29.2 Å². The summed E-state index contributed by atoms with van der Waals surface area (Å²) in [4.78, 5) is 12.5. The third-order valence-corrected chi connectivity index (χ3v) is 4.29. The van der Waals surface area contributed by atoms with Crippen LogP contribution in [0.2, 0.25) is 0 Å². The van der Waals surface area contributed by atoms with Gasteiger partial charge in [0.25, 0.3) is 5.91 Å². The SMILES string of the molecule is COc1ccc(C(=O)NCCCc2ccco2)cc1Oc1cc(F)cc(CN)c1. The average molecular weight is 398 g/mol. The largest absolute Gasteiger partial charge is 0.493 e. The number of nitrogens with two attached hydrogens (primary N) is 1. The Morgan fingerprint density at radius 2 is 2.03 bits per heavy atom. The van der Waals surface area contributed by atoms with E-state index < -0.39 is 5.82 Å². The molecule has 0 spiro atoms. The summed E-state index contributed by atoms with van der Waals surface area (Å²) >= 11 is 0. The van der Waals surface area contributed by atoms with Gasteiger partial charge in [0.1, 0.15) is 17.3 Å². The minimum absolute atomic E-state index is 0.186. The molecule has 0 saturated carbocycles. The second kappa shape index (κ2) is 9.75. The molecule has 3 N–H and O–H groups in total. The van der Waals surface area contributed by atoms with Gasteiger partial charge in [-0.2, -0.15) is 0 Å². The van der Waals surface area contributed by atoms with Crippen molar-refractivity contribution in [3.05, 3.63) is 77.5 Å². The van der Waals surface area contributed by atoms with Crippen LogP contribution in [0, 0.1) is 5.82 Å². The van der Waals surface area contributed by atoms with Crippen LogP contribution in [0.5, 0.6) is 17.2 Å². The van der Waals surface area contributed by atoms with Crippen LogP contribution < -0.4 is 20.5 Å². The molecule has 0 fully saturated rings. The fourth-order valence-corrected chi connectivity index (χ4v) is 2.84. The Labute approximate surface area is 168 Å². The van der Waals surface area contributed by atoms with Crippen LogP contribution in [0.3, 0.4) is 0 Å². The molecule has 0 radical (unpaired) electrons. The maximum absolute atomic E-state index is 13.7. The average Bonchev–Trinajstić information content (AvgIpc) is 3.24. The molecular formula is C22H23FN2O4. The van der Waals surface area contributed by atoms with E-state index in [2.05, 4.69) is 5.32 Å². The zero-order valence-corrected chi connectivity index (χ0v) is 16.1. The van der Waals surface area contributed by atoms with E-state index in [-0.39, 0.29) is 18.2 Å². The number of ether oxygens (including phenoxy) is 2. The van der Waals surface area contributed by atoms with Gasteiger partial charge in [0.05, 0.1) is 13.4 Å². The standard InChI is InChI=1S/C22H23FN2O4/c1-27-20-7-6-16(22(26)25-8-2-4-18-5-3-9-28-18)12-21(20)29-19-11-15(14-24)10-17(23)13-19/h3,5-7,9-13H,2,4,8,14,24H2,1H3,(H,25,26). The van der Waals surface area contributed by atoms with Crippen molar-refractivity contribution in [2.45, 2.75) is 19.4 Å². The summed E-state index contributed by atoms with van der Waals surface area (Å²) in [5.41, 5.74) is 6.60. The molecule has 0 bridgehead atoms. The lowest BCUT2D eigenvalue weighted by Crippen LogP contribution is -2.24. The highest BCUT2D eigenvalue weighted by Crippen LogP contribution is 2.33. The van der Waals surface area contributed by atoms with Gasteiger partial charge in [-0.25, -0.2) is 4.39 Å². The molecule has 29 heavy (non-hydrogen) atoms. The molecule has 3 aromatic rings. The summed E-state index contributed by atoms with van der Waals surface area (Å²) in [5, 5.41) is 2.86. The van der Waals surface area contributed by atoms with Crippen molar-refractivity contribution in [3.63, 3.8) is 0 Å². The fourth-order valence-electron chi connectivity index (χ4n) is 2.84. The highest BCUT2D eigenvalue weighted by molar-refractivity contribution is 5.94. The van der Waals surface area contributed by atoms with E-state index in [1.165, 1.54) is 19.2 Å². The lowest BCUT2D eigenvalue weighted by molar-refractivity contribution is 0.0952. The Kier molecular flexibility index (Phi) is 6.86. The van der Waals surface area contributed by atoms with Gasteiger partial charge < -0.3 is 24.9 Å². The number of halogens is 1. The van der Waals surface area contributed by atoms with Gasteiger partial charge in [0.2, 0.25) is 0 Å². The number of nitrogens with one attached hydrogen (secondary N) is 1. The first kappa shape index (κ1) is 20.4. The molecule has 0 saturated heterocycles. The van der Waals surface area contributed by atoms with Crippen molar-refractivity contribution in [1.82, 2.24) is 5.32 Å². The molecule has 0 aliphatic heterocycles. The molecule has 7 heteroatoms. The molecule has 1 amide bonds. The minimum Gasteiger partial charge on any atom is -0.493 e. The Morgan fingerprint density at radius 1 is 1.17 bits per heavy atom. The molecule has 2 aromatic carbocycles. The molecule has 0 atom stereocenters. The van der Waals surface area contributed by atoms with Gasteiger partial charge in [-0.3, -0.25) is 4.79 Å². The number of amides is 1. The predicted molar refractivity (Wildman–Crippen MR) is 107 cm³/mol. The third-order valence-electron chi connectivity index (χ3n) is 4.29. The smallest absolute Gasteiger partial charge is 0.251 e. The number of hydrogen-bond acceptors (Lipinski definition) is 5. The number of carbonyl (C=O) groups is 1. The third kappa shape index (κ3) is 5.58. The molecule has 3 rings (SSSR count). The number of benzene rings is 2. The van der Waals surface area contributed by atoms with E-state index in [1.54, 1.807) is 30.5 Å². The van der Waals surface area contributed by atoms with Crippen molar-refractivity contribution in [1.29, 1.82) is 0 Å². The molecular weight excluding hydrogens is 375 g/mol. The first-order valence-electron chi connectivity index (χ1n) is 9.25. The van der Waals surface area contributed by atoms with Gasteiger partial charge in [0, 0.05) is 31.1 Å². The van der Waals surface area contributed by atoms with E-state index >= 15 is 0 Å². The Hall–Kier alpha value is -3.32. The zero-order valence-electron chi connectivity index (χ0n) is 16.1. The van der Waals surface area contributed by atoms with Crippen molar-refractivity contribution in [2.75, 3.05) is 13.7 Å². The summed E-state index contributed by atoms with van der Waals surface area (Å²) in [6.07, 6.45) is 3.12. The van der Waals surface area contributed by atoms with Crippen molar-refractivity contribution < 1.29 is 23.1 Å². The number of methoxy groups -OCH3 is 1. The lowest BCUT2D eigenvalue weighted by atomic mass is 10.1. The van der Waals surface area contributed by atoms with Crippen LogP contribution in [0.25, 0.3) is 0 Å². The lowest BCUT2D eigenvalue weighted by Gasteiger charge is -2.13. The highest BCUT2D eigenvalue weighted by Gasteiger charge is 2.13. The van der Waals surface area contributed by atoms with E-state index in [4.69, 9.17) is 19.6 Å². The van der Waals surface area contributed by atoms with Crippen LogP contribution >= 0.6 is 0 Å². The van der Waals surface area contributed by atoms with Crippen molar-refractivity contribution in [3.8, 4) is 17.2 Å². The van der Waals surface area contributed by atoms with E-state index in [9.17, 15) is 9.18 Å². The van der Waals surface area contributed by atoms with Crippen molar-refractivity contribution in [2.24, 2.45) is 5.73 Å². The second-order valence-corrected chi connectivity index (χ2v) is 6.41. The molecule has 6 nitrogen and oxygen atoms in total. The summed E-state index contributed by atoms with van der Waals surface area (Å²) in [6, 6.07) is 12.8. The van der Waals surface area contributed by atoms with E-state index in [1.807, 2.05) is 12.1 Å². The summed E-state index contributed by atoms with van der Waals surface area (Å²) in [6.45, 7) is 0.692. The second-order valence-electron chi connectivity index (χ2n) is 6.41. The van der Waals surface area contributed by atoms with Crippen LogP contribution in [0.1, 0.15) is 28.1 Å². The van der Waals surface area contributed by atoms with Crippen molar-refractivity contribution >= 4 is 5.91 Å². The van der Waals surface area contributed by atoms with Crippen LogP contribution in [0.15, 0.2) is 59.2 Å². The normalized spacial score (nSPS) is 10.6. The maximum Gasteiger partial charge on any atom is 0.251 e. The highest BCUT2D eigenvalue weighted by atomic mass is 19.1. The van der Waals surface area contributed by atoms with Gasteiger partial charge >= 0.3 is 0 Å². The van der Waals surface area contributed by atoms with Crippen LogP contribution in [-0.4, -0.2) is 19.6 Å². The van der Waals surface area contributed by atoms with Gasteiger partial charge in [-0.15, -0.1) is 0 Å². The quantitative estimate of drug-likeness (QED) is 0.531. The summed E-state index contributed by atoms with van der Waals surface area (Å²) in [5.74, 6) is 1.21. The first-order valence-corrected chi connectivity index (χ1v) is 9.25. The van der Waals surface area contributed by atoms with E-state index in [0.717, 1.165) is 18.6 Å². The first-order chi connectivity index (χ1) is 14.1. The molecule has 0 aliphatic rings. The Morgan fingerprint density at radius 3 is 2.76 bits per heavy atom. The molecule has 1 heterocycles. The molecule has 152 valence electrons. The predicted octanol–water partition coefficient (Wildman–Crippen LogP) is 4.04. The van der Waals surface area contributed by atoms with Crippen LogP contribution in [-0.2, 0) is 13.0 Å². The molecule has 0 aliphatic carbocycles. The number of aryl methyl sites for hydroxylation is 1. The topological polar surface area (TPSA) is 86.7 Å². The van der Waals surface area contributed by atoms with Crippen LogP contribution in [0.4, 0.5) is 4.39 Å². The van der Waals surface area contributed by atoms with Gasteiger partial charge in [-0.1, -0.05) is 0 Å².